The van der Waals surface area contributed by atoms with Crippen molar-refractivity contribution in [2.45, 2.75) is 17.9 Å². The third-order valence-corrected chi connectivity index (χ3v) is 6.78. The number of hydrogen-bond acceptors (Lipinski definition) is 3. The van der Waals surface area contributed by atoms with E-state index < -0.39 is 16.1 Å². The van der Waals surface area contributed by atoms with Crippen molar-refractivity contribution >= 4 is 33.2 Å². The van der Waals surface area contributed by atoms with Gasteiger partial charge in [0.15, 0.2) is 0 Å². The summed E-state index contributed by atoms with van der Waals surface area (Å²) in [6.07, 6.45) is 0. The maximum absolute atomic E-state index is 13.1. The Morgan fingerprint density at radius 1 is 0.857 bits per heavy atom. The van der Waals surface area contributed by atoms with E-state index in [9.17, 15) is 8.42 Å². The van der Waals surface area contributed by atoms with Gasteiger partial charge in [-0.2, -0.15) is 4.72 Å². The number of rotatable bonds is 6. The maximum atomic E-state index is 13.1. The van der Waals surface area contributed by atoms with Gasteiger partial charge < -0.3 is 4.74 Å². The molecule has 3 aromatic carbocycles. The van der Waals surface area contributed by atoms with Crippen LogP contribution in [0, 0.1) is 6.92 Å². The molecule has 28 heavy (non-hydrogen) atoms. The molecule has 0 aliphatic rings. The Bertz CT molecular complexity index is 1070. The average molecular weight is 436 g/mol. The molecule has 0 spiro atoms. The minimum Gasteiger partial charge on any atom is -0.495 e. The summed E-state index contributed by atoms with van der Waals surface area (Å²) in [7, 11) is -2.53. The summed E-state index contributed by atoms with van der Waals surface area (Å²) >= 11 is 12.4. The zero-order valence-electron chi connectivity index (χ0n) is 15.3. The summed E-state index contributed by atoms with van der Waals surface area (Å²) in [5.74, 6) is 0.309. The molecule has 0 saturated heterocycles. The van der Waals surface area contributed by atoms with Crippen LogP contribution in [0.25, 0.3) is 0 Å². The largest absolute Gasteiger partial charge is 0.495 e. The molecule has 0 fully saturated rings. The van der Waals surface area contributed by atoms with Gasteiger partial charge in [-0.25, -0.2) is 8.42 Å². The fourth-order valence-electron chi connectivity index (χ4n) is 2.83. The lowest BCUT2D eigenvalue weighted by Gasteiger charge is -2.21. The van der Waals surface area contributed by atoms with E-state index in [0.717, 1.165) is 16.7 Å². The van der Waals surface area contributed by atoms with Crippen molar-refractivity contribution in [1.82, 2.24) is 4.72 Å². The van der Waals surface area contributed by atoms with E-state index in [-0.39, 0.29) is 14.9 Å². The molecule has 0 saturated carbocycles. The summed E-state index contributed by atoms with van der Waals surface area (Å²) in [6.45, 7) is 1.98. The summed E-state index contributed by atoms with van der Waals surface area (Å²) < 4.78 is 34.1. The first kappa shape index (κ1) is 20.7. The first-order chi connectivity index (χ1) is 13.3. The first-order valence-corrected chi connectivity index (χ1v) is 10.7. The minimum absolute atomic E-state index is 0.0543. The van der Waals surface area contributed by atoms with Crippen molar-refractivity contribution in [3.63, 3.8) is 0 Å². The molecule has 0 aliphatic heterocycles. The fourth-order valence-corrected chi connectivity index (χ4v) is 4.88. The Hall–Kier alpha value is -2.05. The number of nitrogens with one attached hydrogen (secondary N) is 1. The van der Waals surface area contributed by atoms with Crippen molar-refractivity contribution < 1.29 is 13.2 Å². The molecule has 0 aliphatic carbocycles. The summed E-state index contributed by atoms with van der Waals surface area (Å²) in [6, 6.07) is 19.3. The number of benzene rings is 3. The van der Waals surface area contributed by atoms with Crippen LogP contribution in [-0.4, -0.2) is 15.5 Å². The lowest BCUT2D eigenvalue weighted by Crippen LogP contribution is -2.29. The van der Waals surface area contributed by atoms with Crippen LogP contribution in [0.15, 0.2) is 71.6 Å². The van der Waals surface area contributed by atoms with Gasteiger partial charge in [-0.1, -0.05) is 83.4 Å². The van der Waals surface area contributed by atoms with E-state index in [2.05, 4.69) is 4.72 Å². The SMILES string of the molecule is COc1ccc(S(=O)(=O)NC(c2ccccc2)c2ccc(C)cc2)c(Cl)c1Cl. The summed E-state index contributed by atoms with van der Waals surface area (Å²) in [4.78, 5) is -0.104. The predicted octanol–water partition coefficient (Wildman–Crippen LogP) is 5.38. The van der Waals surface area contributed by atoms with Crippen LogP contribution in [-0.2, 0) is 10.0 Å². The van der Waals surface area contributed by atoms with E-state index in [1.54, 1.807) is 0 Å². The highest BCUT2D eigenvalue weighted by Gasteiger charge is 2.26. The molecular weight excluding hydrogens is 417 g/mol. The molecular formula is C21H19Cl2NO3S. The van der Waals surface area contributed by atoms with Crippen molar-refractivity contribution in [1.29, 1.82) is 0 Å². The first-order valence-electron chi connectivity index (χ1n) is 8.49. The van der Waals surface area contributed by atoms with E-state index in [1.165, 1.54) is 19.2 Å². The van der Waals surface area contributed by atoms with Crippen LogP contribution in [0.3, 0.4) is 0 Å². The van der Waals surface area contributed by atoms with Gasteiger partial charge in [0.1, 0.15) is 15.7 Å². The number of halogens is 2. The Kier molecular flexibility index (Phi) is 6.30. The Balaban J connectivity index is 2.05. The molecule has 0 bridgehead atoms. The second-order valence-electron chi connectivity index (χ2n) is 6.27. The average Bonchev–Trinajstić information content (AvgIpc) is 2.69. The smallest absolute Gasteiger partial charge is 0.242 e. The van der Waals surface area contributed by atoms with Gasteiger partial charge in [0, 0.05) is 0 Å². The van der Waals surface area contributed by atoms with Crippen molar-refractivity contribution in [2.75, 3.05) is 7.11 Å². The van der Waals surface area contributed by atoms with Crippen LogP contribution >= 0.6 is 23.2 Å². The molecule has 1 unspecified atom stereocenters. The second-order valence-corrected chi connectivity index (χ2v) is 8.71. The third-order valence-electron chi connectivity index (χ3n) is 4.34. The van der Waals surface area contributed by atoms with Crippen LogP contribution in [0.5, 0.6) is 5.75 Å². The molecule has 146 valence electrons. The number of aryl methyl sites for hydroxylation is 1. The standard InChI is InChI=1S/C21H19Cl2NO3S/c1-14-8-10-16(11-9-14)21(15-6-4-3-5-7-15)24-28(25,26)18-13-12-17(27-2)19(22)20(18)23/h3-13,21,24H,1-2H3. The van der Waals surface area contributed by atoms with Gasteiger partial charge in [0.25, 0.3) is 0 Å². The topological polar surface area (TPSA) is 55.4 Å². The molecule has 7 heteroatoms. The quantitative estimate of drug-likeness (QED) is 0.565. The Labute approximate surface area is 175 Å². The molecule has 0 aromatic heterocycles. The van der Waals surface area contributed by atoms with Gasteiger partial charge in [-0.05, 0) is 30.2 Å². The van der Waals surface area contributed by atoms with E-state index >= 15 is 0 Å². The molecule has 0 heterocycles. The molecule has 4 nitrogen and oxygen atoms in total. The van der Waals surface area contributed by atoms with Gasteiger partial charge in [-0.3, -0.25) is 0 Å². The summed E-state index contributed by atoms with van der Waals surface area (Å²) in [5, 5.41) is -0.0251. The highest BCUT2D eigenvalue weighted by Crippen LogP contribution is 2.37. The van der Waals surface area contributed by atoms with E-state index in [4.69, 9.17) is 27.9 Å². The summed E-state index contributed by atoms with van der Waals surface area (Å²) in [5.41, 5.74) is 2.71. The van der Waals surface area contributed by atoms with E-state index in [1.807, 2.05) is 61.5 Å². The van der Waals surface area contributed by atoms with E-state index in [0.29, 0.717) is 5.75 Å². The van der Waals surface area contributed by atoms with Crippen molar-refractivity contribution in [3.05, 3.63) is 93.5 Å². The second kappa shape index (κ2) is 8.53. The molecule has 3 rings (SSSR count). The van der Waals surface area contributed by atoms with Gasteiger partial charge in [0.2, 0.25) is 10.0 Å². The van der Waals surface area contributed by atoms with Crippen LogP contribution in [0.2, 0.25) is 10.0 Å². The lowest BCUT2D eigenvalue weighted by atomic mass is 9.99. The van der Waals surface area contributed by atoms with Gasteiger partial charge >= 0.3 is 0 Å². The zero-order chi connectivity index (χ0) is 20.3. The molecule has 1 N–H and O–H groups in total. The Morgan fingerprint density at radius 2 is 1.46 bits per heavy atom. The normalized spacial score (nSPS) is 12.6. The number of sulfonamides is 1. The molecule has 3 aromatic rings. The predicted molar refractivity (Wildman–Crippen MR) is 113 cm³/mol. The van der Waals surface area contributed by atoms with Gasteiger partial charge in [0.05, 0.1) is 18.2 Å². The molecule has 0 amide bonds. The molecule has 1 atom stereocenters. The fraction of sp³-hybridized carbons (Fsp3) is 0.143. The van der Waals surface area contributed by atoms with Gasteiger partial charge in [-0.15, -0.1) is 0 Å². The van der Waals surface area contributed by atoms with Crippen molar-refractivity contribution in [2.24, 2.45) is 0 Å². The monoisotopic (exact) mass is 435 g/mol. The highest BCUT2D eigenvalue weighted by atomic mass is 35.5. The van der Waals surface area contributed by atoms with Crippen LogP contribution in [0.4, 0.5) is 0 Å². The number of ether oxygens (including phenoxy) is 1. The number of hydrogen-bond donors (Lipinski definition) is 1. The Morgan fingerprint density at radius 3 is 2.07 bits per heavy atom. The number of methoxy groups -OCH3 is 1. The zero-order valence-corrected chi connectivity index (χ0v) is 17.6. The third kappa shape index (κ3) is 4.33. The van der Waals surface area contributed by atoms with Crippen LogP contribution in [0.1, 0.15) is 22.7 Å². The highest BCUT2D eigenvalue weighted by molar-refractivity contribution is 7.89. The van der Waals surface area contributed by atoms with Crippen molar-refractivity contribution in [3.8, 4) is 5.75 Å². The maximum Gasteiger partial charge on any atom is 0.242 e. The van der Waals surface area contributed by atoms with Crippen LogP contribution < -0.4 is 9.46 Å². The lowest BCUT2D eigenvalue weighted by molar-refractivity contribution is 0.414. The molecule has 0 radical (unpaired) electrons. The minimum atomic E-state index is -3.97.